The molecule has 0 radical (unpaired) electrons. The number of likely N-dealkylation sites (tertiary alicyclic amines) is 1. The molecule has 1 aliphatic heterocycles. The molecular formula is C15H24N2O2. The molecule has 0 spiro atoms. The van der Waals surface area contributed by atoms with E-state index in [9.17, 15) is 9.59 Å². The molecule has 1 fully saturated rings. The van der Waals surface area contributed by atoms with Gasteiger partial charge in [-0.05, 0) is 45.6 Å². The van der Waals surface area contributed by atoms with Crippen molar-refractivity contribution in [2.75, 3.05) is 6.54 Å². The highest BCUT2D eigenvalue weighted by molar-refractivity contribution is 6.05. The zero-order valence-electron chi connectivity index (χ0n) is 11.9. The zero-order valence-corrected chi connectivity index (χ0v) is 11.9. The summed E-state index contributed by atoms with van der Waals surface area (Å²) in [6, 6.07) is -0.284. The van der Waals surface area contributed by atoms with Gasteiger partial charge in [-0.25, -0.2) is 0 Å². The number of imide groups is 1. The van der Waals surface area contributed by atoms with Crippen LogP contribution in [0.5, 0.6) is 0 Å². The van der Waals surface area contributed by atoms with E-state index in [2.05, 4.69) is 11.4 Å². The molecule has 2 aliphatic rings. The van der Waals surface area contributed by atoms with Crippen LogP contribution >= 0.6 is 0 Å². The van der Waals surface area contributed by atoms with E-state index in [0.717, 1.165) is 19.4 Å². The molecule has 0 bridgehead atoms. The lowest BCUT2D eigenvalue weighted by Crippen LogP contribution is -2.42. The minimum atomic E-state index is -0.302. The van der Waals surface area contributed by atoms with Gasteiger partial charge in [-0.3, -0.25) is 14.5 Å². The van der Waals surface area contributed by atoms with Crippen LogP contribution in [0.1, 0.15) is 52.4 Å². The molecule has 2 unspecified atom stereocenters. The minimum Gasteiger partial charge on any atom is -0.305 e. The summed E-state index contributed by atoms with van der Waals surface area (Å²) in [4.78, 5) is 25.5. The third-order valence-electron chi connectivity index (χ3n) is 4.19. The molecule has 1 saturated heterocycles. The quantitative estimate of drug-likeness (QED) is 0.589. The van der Waals surface area contributed by atoms with E-state index in [0.29, 0.717) is 6.42 Å². The molecule has 4 heteroatoms. The smallest absolute Gasteiger partial charge is 0.247 e. The van der Waals surface area contributed by atoms with Crippen LogP contribution in [0.2, 0.25) is 0 Å². The van der Waals surface area contributed by atoms with Crippen molar-refractivity contribution in [1.82, 2.24) is 10.2 Å². The third-order valence-corrected chi connectivity index (χ3v) is 4.19. The number of hydrogen-bond donors (Lipinski definition) is 1. The second-order valence-corrected chi connectivity index (χ2v) is 5.57. The summed E-state index contributed by atoms with van der Waals surface area (Å²) in [5.41, 5.74) is 1.49. The topological polar surface area (TPSA) is 49.4 Å². The molecule has 1 aliphatic carbocycles. The van der Waals surface area contributed by atoms with Crippen LogP contribution in [0, 0.1) is 0 Å². The Balaban J connectivity index is 1.81. The summed E-state index contributed by atoms with van der Waals surface area (Å²) in [6.07, 6.45) is 8.09. The number of rotatable bonds is 6. The molecular weight excluding hydrogens is 240 g/mol. The molecule has 0 aromatic heterocycles. The van der Waals surface area contributed by atoms with Gasteiger partial charge in [0.2, 0.25) is 11.8 Å². The maximum atomic E-state index is 12.2. The van der Waals surface area contributed by atoms with E-state index in [-0.39, 0.29) is 23.9 Å². The van der Waals surface area contributed by atoms with Crippen LogP contribution in [0.25, 0.3) is 0 Å². The first-order valence-corrected chi connectivity index (χ1v) is 7.40. The first-order valence-electron chi connectivity index (χ1n) is 7.40. The van der Waals surface area contributed by atoms with Crippen LogP contribution in [0.15, 0.2) is 11.6 Å². The second kappa shape index (κ2) is 6.33. The van der Waals surface area contributed by atoms with Gasteiger partial charge in [0.05, 0.1) is 12.5 Å². The van der Waals surface area contributed by atoms with Crippen molar-refractivity contribution < 1.29 is 9.59 Å². The highest BCUT2D eigenvalue weighted by Crippen LogP contribution is 2.21. The van der Waals surface area contributed by atoms with E-state index >= 15 is 0 Å². The zero-order chi connectivity index (χ0) is 13.8. The van der Waals surface area contributed by atoms with Gasteiger partial charge in [0.15, 0.2) is 0 Å². The molecule has 0 aromatic carbocycles. The summed E-state index contributed by atoms with van der Waals surface area (Å²) < 4.78 is 0. The lowest BCUT2D eigenvalue weighted by molar-refractivity contribution is -0.141. The van der Waals surface area contributed by atoms with E-state index in [1.165, 1.54) is 29.7 Å². The van der Waals surface area contributed by atoms with E-state index < -0.39 is 0 Å². The average molecular weight is 264 g/mol. The van der Waals surface area contributed by atoms with E-state index in [4.69, 9.17) is 0 Å². The Bertz CT molecular complexity index is 390. The van der Waals surface area contributed by atoms with Gasteiger partial charge < -0.3 is 5.32 Å². The van der Waals surface area contributed by atoms with E-state index in [1.807, 2.05) is 13.8 Å². The van der Waals surface area contributed by atoms with Crippen molar-refractivity contribution in [1.29, 1.82) is 0 Å². The van der Waals surface area contributed by atoms with E-state index in [1.54, 1.807) is 0 Å². The molecule has 0 aromatic rings. The summed E-state index contributed by atoms with van der Waals surface area (Å²) in [5, 5.41) is 3.24. The van der Waals surface area contributed by atoms with Crippen LogP contribution in [0.3, 0.4) is 0 Å². The first kappa shape index (κ1) is 14.3. The van der Waals surface area contributed by atoms with Gasteiger partial charge >= 0.3 is 0 Å². The molecule has 2 rings (SSSR count). The fourth-order valence-electron chi connectivity index (χ4n) is 2.83. The molecule has 1 heterocycles. The third kappa shape index (κ3) is 3.24. The molecule has 106 valence electrons. The Morgan fingerprint density at radius 1 is 1.47 bits per heavy atom. The SMILES string of the molecule is CCC(C)N1C(=O)CC(NCCC2=CCCC2)C1=O. The number of nitrogens with zero attached hydrogens (tertiary/aromatic N) is 1. The van der Waals surface area contributed by atoms with Crippen molar-refractivity contribution in [3.8, 4) is 0 Å². The Morgan fingerprint density at radius 3 is 2.89 bits per heavy atom. The summed E-state index contributed by atoms with van der Waals surface area (Å²) in [6.45, 7) is 4.73. The molecule has 2 atom stereocenters. The summed E-state index contributed by atoms with van der Waals surface area (Å²) in [5.74, 6) is -0.0725. The van der Waals surface area contributed by atoms with Crippen LogP contribution in [-0.2, 0) is 9.59 Å². The average Bonchev–Trinajstić information content (AvgIpc) is 2.98. The van der Waals surface area contributed by atoms with Crippen LogP contribution in [-0.4, -0.2) is 35.3 Å². The Kier molecular flexibility index (Phi) is 4.75. The monoisotopic (exact) mass is 264 g/mol. The standard InChI is InChI=1S/C15H24N2O2/c1-3-11(2)17-14(18)10-13(15(17)19)16-9-8-12-6-4-5-7-12/h6,11,13,16H,3-5,7-10H2,1-2H3. The lowest BCUT2D eigenvalue weighted by atomic mass is 10.1. The normalized spacial score (nSPS) is 25.1. The van der Waals surface area contributed by atoms with Gasteiger partial charge in [0, 0.05) is 6.04 Å². The fraction of sp³-hybridized carbons (Fsp3) is 0.733. The fourth-order valence-corrected chi connectivity index (χ4v) is 2.83. The molecule has 0 saturated carbocycles. The highest BCUT2D eigenvalue weighted by Gasteiger charge is 2.40. The van der Waals surface area contributed by atoms with Crippen LogP contribution in [0.4, 0.5) is 0 Å². The van der Waals surface area contributed by atoms with Crippen molar-refractivity contribution >= 4 is 11.8 Å². The second-order valence-electron chi connectivity index (χ2n) is 5.57. The minimum absolute atomic E-state index is 0.0179. The van der Waals surface area contributed by atoms with Gasteiger partial charge in [-0.1, -0.05) is 18.6 Å². The maximum absolute atomic E-state index is 12.2. The number of carbonyl (C=O) groups excluding carboxylic acids is 2. The molecule has 2 amide bonds. The predicted octanol–water partition coefficient (Wildman–Crippen LogP) is 2.00. The number of nitrogens with one attached hydrogen (secondary N) is 1. The summed E-state index contributed by atoms with van der Waals surface area (Å²) >= 11 is 0. The van der Waals surface area contributed by atoms with Gasteiger partial charge in [-0.15, -0.1) is 0 Å². The Labute approximate surface area is 115 Å². The number of carbonyl (C=O) groups is 2. The van der Waals surface area contributed by atoms with Gasteiger partial charge in [0.25, 0.3) is 0 Å². The number of amides is 2. The molecule has 19 heavy (non-hydrogen) atoms. The molecule has 4 nitrogen and oxygen atoms in total. The van der Waals surface area contributed by atoms with Crippen molar-refractivity contribution in [2.24, 2.45) is 0 Å². The van der Waals surface area contributed by atoms with Crippen molar-refractivity contribution in [3.05, 3.63) is 11.6 Å². The predicted molar refractivity (Wildman–Crippen MR) is 74.6 cm³/mol. The maximum Gasteiger partial charge on any atom is 0.247 e. The number of hydrogen-bond acceptors (Lipinski definition) is 3. The van der Waals surface area contributed by atoms with Gasteiger partial charge in [-0.2, -0.15) is 0 Å². The Hall–Kier alpha value is -1.16. The highest BCUT2D eigenvalue weighted by atomic mass is 16.2. The van der Waals surface area contributed by atoms with Gasteiger partial charge in [0.1, 0.15) is 0 Å². The Morgan fingerprint density at radius 2 is 2.26 bits per heavy atom. The lowest BCUT2D eigenvalue weighted by Gasteiger charge is -2.21. The first-order chi connectivity index (χ1) is 9.13. The van der Waals surface area contributed by atoms with Crippen molar-refractivity contribution in [2.45, 2.75) is 64.5 Å². The molecule has 1 N–H and O–H groups in total. The summed E-state index contributed by atoms with van der Waals surface area (Å²) in [7, 11) is 0. The van der Waals surface area contributed by atoms with Crippen molar-refractivity contribution in [3.63, 3.8) is 0 Å². The van der Waals surface area contributed by atoms with Crippen LogP contribution < -0.4 is 5.32 Å². The largest absolute Gasteiger partial charge is 0.305 e. The number of allylic oxidation sites excluding steroid dienone is 1.